The van der Waals surface area contributed by atoms with Crippen LogP contribution in [0.5, 0.6) is 0 Å². The topological polar surface area (TPSA) is 266 Å². The monoisotopic (exact) mass is 685 g/mol. The summed E-state index contributed by atoms with van der Waals surface area (Å²) < 4.78 is 66.9. The van der Waals surface area contributed by atoms with Crippen LogP contribution in [0.4, 0.5) is 4.39 Å². The fourth-order valence-electron chi connectivity index (χ4n) is 3.91. The second-order valence-electron chi connectivity index (χ2n) is 8.97. The SMILES string of the molecule is C=N/C(=C\C(=C(/C)F)c1ccccc1)Cn1c(=O)ccn([C@@H]2O[C@H](COP(=O)(O)OP(=O)(O)OP(=O)(O)O)C(O)C2O)c1=O. The number of phosphoric ester groups is 1. The van der Waals surface area contributed by atoms with E-state index in [4.69, 9.17) is 14.5 Å². The zero-order chi connectivity index (χ0) is 33.0. The van der Waals surface area contributed by atoms with Crippen LogP contribution < -0.4 is 11.2 Å². The van der Waals surface area contributed by atoms with Crippen molar-refractivity contribution < 1.29 is 65.8 Å². The normalized spacial score (nSPS) is 24.3. The van der Waals surface area contributed by atoms with E-state index in [1.54, 1.807) is 30.3 Å². The van der Waals surface area contributed by atoms with Crippen LogP contribution in [0.1, 0.15) is 18.7 Å². The zero-order valence-corrected chi connectivity index (χ0v) is 25.2. The van der Waals surface area contributed by atoms with Gasteiger partial charge in [0.15, 0.2) is 6.23 Å². The molecule has 1 fully saturated rings. The third-order valence-electron chi connectivity index (χ3n) is 5.81. The first kappa shape index (κ1) is 35.7. The number of aliphatic hydroxyl groups is 2. The summed E-state index contributed by atoms with van der Waals surface area (Å²) in [5, 5.41) is 20.9. The molecule has 2 aromatic rings. The fraction of sp³-hybridized carbons (Fsp3) is 0.318. The smallest absolute Gasteiger partial charge is 0.387 e. The number of hydrogen-bond acceptors (Lipinski definition) is 12. The highest BCUT2D eigenvalue weighted by atomic mass is 31.3. The van der Waals surface area contributed by atoms with Gasteiger partial charge in [-0.2, -0.15) is 8.62 Å². The van der Waals surface area contributed by atoms with Crippen molar-refractivity contribution in [1.29, 1.82) is 0 Å². The largest absolute Gasteiger partial charge is 0.490 e. The van der Waals surface area contributed by atoms with Crippen LogP contribution in [-0.4, -0.2) is 70.6 Å². The number of benzene rings is 1. The fourth-order valence-corrected chi connectivity index (χ4v) is 6.94. The highest BCUT2D eigenvalue weighted by Gasteiger charge is 2.47. The van der Waals surface area contributed by atoms with E-state index in [0.29, 0.717) is 14.7 Å². The number of phosphoric acid groups is 3. The van der Waals surface area contributed by atoms with Gasteiger partial charge in [0.05, 0.1) is 18.8 Å². The number of halogens is 1. The maximum absolute atomic E-state index is 14.4. The van der Waals surface area contributed by atoms with Crippen molar-refractivity contribution in [3.8, 4) is 0 Å². The summed E-state index contributed by atoms with van der Waals surface area (Å²) in [6.45, 7) is 2.97. The van der Waals surface area contributed by atoms with Gasteiger partial charge in [0.2, 0.25) is 0 Å². The third-order valence-corrected chi connectivity index (χ3v) is 9.62. The van der Waals surface area contributed by atoms with E-state index in [-0.39, 0.29) is 11.3 Å². The molecule has 1 saturated heterocycles. The van der Waals surface area contributed by atoms with E-state index >= 15 is 0 Å². The van der Waals surface area contributed by atoms with Crippen molar-refractivity contribution >= 4 is 35.8 Å². The Bertz CT molecular complexity index is 1700. The molecule has 0 amide bonds. The first-order valence-electron chi connectivity index (χ1n) is 12.0. The minimum Gasteiger partial charge on any atom is -0.387 e. The first-order chi connectivity index (χ1) is 20.3. The average molecular weight is 685 g/mol. The molecular weight excluding hydrogens is 658 g/mol. The van der Waals surface area contributed by atoms with Gasteiger partial charge < -0.3 is 34.5 Å². The molecule has 242 valence electrons. The average Bonchev–Trinajstić information content (AvgIpc) is 3.18. The van der Waals surface area contributed by atoms with Crippen LogP contribution in [0.15, 0.2) is 74.8 Å². The number of ether oxygens (including phenoxy) is 1. The van der Waals surface area contributed by atoms with Crippen LogP contribution in [0, 0.1) is 0 Å². The second kappa shape index (κ2) is 14.1. The van der Waals surface area contributed by atoms with E-state index in [1.165, 1.54) is 13.0 Å². The molecule has 0 spiro atoms. The van der Waals surface area contributed by atoms with Gasteiger partial charge in [-0.05, 0) is 25.3 Å². The first-order valence-corrected chi connectivity index (χ1v) is 16.6. The summed E-state index contributed by atoms with van der Waals surface area (Å²) in [6, 6.07) is 9.23. The van der Waals surface area contributed by atoms with Gasteiger partial charge in [0.1, 0.15) is 24.1 Å². The van der Waals surface area contributed by atoms with Crippen molar-refractivity contribution in [1.82, 2.24) is 9.13 Å². The summed E-state index contributed by atoms with van der Waals surface area (Å²) >= 11 is 0. The molecule has 2 heterocycles. The number of aliphatic hydroxyl groups excluding tert-OH is 2. The lowest BCUT2D eigenvalue weighted by molar-refractivity contribution is -0.0547. The molecule has 22 heteroatoms. The minimum absolute atomic E-state index is 0.000367. The molecule has 1 aromatic heterocycles. The van der Waals surface area contributed by atoms with E-state index in [1.807, 2.05) is 0 Å². The molecule has 0 aliphatic carbocycles. The molecule has 44 heavy (non-hydrogen) atoms. The van der Waals surface area contributed by atoms with Crippen molar-refractivity contribution in [3.63, 3.8) is 0 Å². The number of allylic oxidation sites excluding steroid dienone is 4. The van der Waals surface area contributed by atoms with Crippen molar-refractivity contribution in [2.24, 2.45) is 4.99 Å². The zero-order valence-electron chi connectivity index (χ0n) is 22.5. The van der Waals surface area contributed by atoms with E-state index in [9.17, 15) is 47.7 Å². The Morgan fingerprint density at radius 3 is 2.25 bits per heavy atom. The van der Waals surface area contributed by atoms with Gasteiger partial charge in [-0.3, -0.25) is 23.4 Å². The Morgan fingerprint density at radius 2 is 1.68 bits per heavy atom. The predicted octanol–water partition coefficient (Wildman–Crippen LogP) is 0.958. The number of aromatic nitrogens is 2. The van der Waals surface area contributed by atoms with Gasteiger partial charge in [0, 0.05) is 17.8 Å². The summed E-state index contributed by atoms with van der Waals surface area (Å²) in [5.74, 6) is -0.589. The molecule has 18 nitrogen and oxygen atoms in total. The van der Waals surface area contributed by atoms with E-state index in [0.717, 1.165) is 12.3 Å². The predicted molar refractivity (Wildman–Crippen MR) is 148 cm³/mol. The van der Waals surface area contributed by atoms with Crippen LogP contribution in [-0.2, 0) is 38.1 Å². The lowest BCUT2D eigenvalue weighted by Gasteiger charge is -2.19. The Labute approximate surface area is 247 Å². The quantitative estimate of drug-likeness (QED) is 0.0974. The molecule has 1 aliphatic heterocycles. The second-order valence-corrected chi connectivity index (χ2v) is 13.4. The molecule has 6 atom stereocenters. The maximum atomic E-state index is 14.4. The molecule has 1 aliphatic rings. The van der Waals surface area contributed by atoms with E-state index in [2.05, 4.69) is 24.9 Å². The van der Waals surface area contributed by atoms with Gasteiger partial charge >= 0.3 is 29.2 Å². The van der Waals surface area contributed by atoms with Crippen LogP contribution in [0.25, 0.3) is 5.57 Å². The van der Waals surface area contributed by atoms with Gasteiger partial charge in [0.25, 0.3) is 5.56 Å². The van der Waals surface area contributed by atoms with Crippen LogP contribution >= 0.6 is 23.5 Å². The highest BCUT2D eigenvalue weighted by Crippen LogP contribution is 2.66. The minimum atomic E-state index is -5.82. The molecular formula is C22H27FN3O15P3. The lowest BCUT2D eigenvalue weighted by Crippen LogP contribution is -2.43. The number of nitrogens with zero attached hydrogens (tertiary/aromatic N) is 3. The third kappa shape index (κ3) is 9.39. The summed E-state index contributed by atoms with van der Waals surface area (Å²) in [4.78, 5) is 65.7. The summed E-state index contributed by atoms with van der Waals surface area (Å²) in [7, 11) is -17.1. The molecule has 4 unspecified atom stereocenters. The Balaban J connectivity index is 1.83. The standard InChI is InChI=1S/C22H27FN3O15P3/c1-13(23)16(14-6-4-3-5-7-14)10-15(24-2)11-26-18(27)8-9-25(22(26)30)21-20(29)19(28)17(39-21)12-38-43(34,35)41-44(36,37)40-42(31,32)33/h3-10,17,19-21,28-29H,2,11-12H2,1H3,(H,34,35)(H,36,37)(H2,31,32,33)/b15-10-,16-13-/t17-,19?,20?,21-/m1/s1. The molecule has 6 N–H and O–H groups in total. The van der Waals surface area contributed by atoms with Crippen LogP contribution in [0.3, 0.4) is 0 Å². The molecule has 0 radical (unpaired) electrons. The van der Waals surface area contributed by atoms with E-state index < -0.39 is 78.2 Å². The highest BCUT2D eigenvalue weighted by molar-refractivity contribution is 7.66. The summed E-state index contributed by atoms with van der Waals surface area (Å²) in [5.41, 5.74) is -1.34. The van der Waals surface area contributed by atoms with Crippen molar-refractivity contribution in [2.75, 3.05) is 6.61 Å². The number of rotatable bonds is 13. The van der Waals surface area contributed by atoms with Gasteiger partial charge in [-0.15, -0.1) is 0 Å². The number of hydrogen-bond donors (Lipinski definition) is 6. The molecule has 1 aromatic carbocycles. The molecule has 3 rings (SSSR count). The van der Waals surface area contributed by atoms with Gasteiger partial charge in [-0.25, -0.2) is 22.9 Å². The van der Waals surface area contributed by atoms with Crippen molar-refractivity contribution in [2.45, 2.75) is 38.0 Å². The van der Waals surface area contributed by atoms with Gasteiger partial charge in [-0.1, -0.05) is 30.3 Å². The molecule has 0 saturated carbocycles. The Kier molecular flexibility index (Phi) is 11.5. The van der Waals surface area contributed by atoms with Crippen LogP contribution in [0.2, 0.25) is 0 Å². The maximum Gasteiger partial charge on any atom is 0.490 e. The number of aliphatic imine (C=N–C) groups is 1. The molecule has 0 bridgehead atoms. The van der Waals surface area contributed by atoms with Crippen molar-refractivity contribution in [3.05, 3.63) is 86.6 Å². The summed E-state index contributed by atoms with van der Waals surface area (Å²) in [6.07, 6.45) is -5.00. The lowest BCUT2D eigenvalue weighted by atomic mass is 10.0. The Morgan fingerprint density at radius 1 is 1.05 bits per heavy atom. The Hall–Kier alpha value is -2.73.